The van der Waals surface area contributed by atoms with Crippen LogP contribution < -0.4 is 26.3 Å². The summed E-state index contributed by atoms with van der Waals surface area (Å²) in [6, 6.07) is 4.18. The largest absolute Gasteiger partial charge is 0.496 e. The molecule has 1 aliphatic heterocycles. The predicted octanol–water partition coefficient (Wildman–Crippen LogP) is 3.37. The number of carbonyl (C=O) groups excluding carboxylic acids is 2. The van der Waals surface area contributed by atoms with Crippen LogP contribution in [0.15, 0.2) is 36.4 Å². The van der Waals surface area contributed by atoms with Crippen molar-refractivity contribution >= 4 is 17.6 Å². The van der Waals surface area contributed by atoms with Gasteiger partial charge in [-0.05, 0) is 31.2 Å². The number of primary amides is 1. The van der Waals surface area contributed by atoms with Gasteiger partial charge in [-0.2, -0.15) is 18.3 Å². The van der Waals surface area contributed by atoms with E-state index in [1.165, 1.54) is 18.2 Å². The van der Waals surface area contributed by atoms with E-state index in [0.717, 1.165) is 25.1 Å². The Morgan fingerprint density at radius 3 is 2.72 bits per heavy atom. The van der Waals surface area contributed by atoms with Gasteiger partial charge < -0.3 is 26.3 Å². The molecule has 3 aromatic rings. The molecule has 2 aromatic carbocycles. The number of hydrogen-bond acceptors (Lipinski definition) is 6. The van der Waals surface area contributed by atoms with Crippen molar-refractivity contribution < 1.29 is 40.7 Å². The highest BCUT2D eigenvalue weighted by molar-refractivity contribution is 6.03. The van der Waals surface area contributed by atoms with Gasteiger partial charge in [-0.15, -0.1) is 0 Å². The highest BCUT2D eigenvalue weighted by atomic mass is 19.4. The summed E-state index contributed by atoms with van der Waals surface area (Å²) < 4.78 is 86.3. The van der Waals surface area contributed by atoms with Gasteiger partial charge in [-0.1, -0.05) is 12.1 Å². The molecule has 190 valence electrons. The maximum absolute atomic E-state index is 13.8. The maximum Gasteiger partial charge on any atom is 0.410 e. The molecule has 36 heavy (non-hydrogen) atoms. The van der Waals surface area contributed by atoms with Gasteiger partial charge in [0.05, 0.1) is 22.8 Å². The van der Waals surface area contributed by atoms with Crippen molar-refractivity contribution in [1.29, 1.82) is 0 Å². The standard InChI is InChI=1S/C23H21F4N5O4/c1-10(23(25,26)27)32-20(28)18(21(29)33)19(31-32)11-3-5-13-15(9-36-17(13)7-11)30-22(34)14-8-12(24)4-6-16(14)35-2/h3-8,10,15H,9,28H2,1-2H3,(H2,29,33)(H,30,34)/t10?,15-/m1/s1/i2D3. The summed E-state index contributed by atoms with van der Waals surface area (Å²) in [7, 11) is -2.88. The van der Waals surface area contributed by atoms with Crippen LogP contribution in [0.1, 0.15) is 49.4 Å². The molecular weight excluding hydrogens is 486 g/mol. The summed E-state index contributed by atoms with van der Waals surface area (Å²) in [6.45, 7) is 0.740. The van der Waals surface area contributed by atoms with Gasteiger partial charge in [0.2, 0.25) is 0 Å². The lowest BCUT2D eigenvalue weighted by atomic mass is 10.0. The molecule has 0 saturated carbocycles. The highest BCUT2D eigenvalue weighted by Crippen LogP contribution is 2.39. The number of nitrogens with zero attached hydrogens (tertiary/aromatic N) is 2. The van der Waals surface area contributed by atoms with Gasteiger partial charge in [0, 0.05) is 11.1 Å². The number of nitrogen functional groups attached to an aromatic ring is 1. The Hall–Kier alpha value is -4.29. The molecular formula is C23H21F4N5O4. The van der Waals surface area contributed by atoms with E-state index in [4.69, 9.17) is 25.1 Å². The van der Waals surface area contributed by atoms with Crippen molar-refractivity contribution in [3.8, 4) is 22.8 Å². The number of alkyl halides is 3. The fraction of sp³-hybridized carbons (Fsp3) is 0.261. The maximum atomic E-state index is 13.8. The summed E-state index contributed by atoms with van der Waals surface area (Å²) in [6.07, 6.45) is -4.70. The van der Waals surface area contributed by atoms with Crippen molar-refractivity contribution in [3.05, 3.63) is 58.9 Å². The van der Waals surface area contributed by atoms with Crippen LogP contribution in [0.5, 0.6) is 11.5 Å². The number of halogens is 4. The van der Waals surface area contributed by atoms with Gasteiger partial charge in [0.1, 0.15) is 47.0 Å². The molecule has 4 rings (SSSR count). The Morgan fingerprint density at radius 2 is 2.06 bits per heavy atom. The number of carbonyl (C=O) groups is 2. The normalized spacial score (nSPS) is 17.2. The molecule has 0 radical (unpaired) electrons. The molecule has 0 fully saturated rings. The van der Waals surface area contributed by atoms with Gasteiger partial charge in [-0.25, -0.2) is 9.07 Å². The van der Waals surface area contributed by atoms with Crippen molar-refractivity contribution in [3.63, 3.8) is 0 Å². The number of fused-ring (bicyclic) bond motifs is 1. The molecule has 0 bridgehead atoms. The van der Waals surface area contributed by atoms with E-state index in [1.807, 2.05) is 0 Å². The van der Waals surface area contributed by atoms with E-state index in [9.17, 15) is 27.2 Å². The monoisotopic (exact) mass is 510 g/mol. The van der Waals surface area contributed by atoms with Crippen LogP contribution in [0.25, 0.3) is 11.3 Å². The van der Waals surface area contributed by atoms with E-state index >= 15 is 0 Å². The zero-order valence-corrected chi connectivity index (χ0v) is 18.5. The minimum atomic E-state index is -4.70. The lowest BCUT2D eigenvalue weighted by molar-refractivity contribution is -0.164. The second kappa shape index (κ2) is 9.06. The number of nitrogens with two attached hydrogens (primary N) is 2. The van der Waals surface area contributed by atoms with E-state index < -0.39 is 54.3 Å². The SMILES string of the molecule is [2H]C([2H])([2H])Oc1ccc(F)cc1C(=O)N[C@@H]1COc2cc(-c3nn(C(C)C(F)(F)F)c(N)c3C(N)=O)ccc21. The number of nitrogens with one attached hydrogen (secondary N) is 1. The first kappa shape index (κ1) is 21.0. The zero-order valence-electron chi connectivity index (χ0n) is 21.5. The summed E-state index contributed by atoms with van der Waals surface area (Å²) >= 11 is 0. The average Bonchev–Trinajstić information content (AvgIpc) is 3.38. The molecule has 2 atom stereocenters. The van der Waals surface area contributed by atoms with Gasteiger partial charge in [0.25, 0.3) is 11.8 Å². The van der Waals surface area contributed by atoms with Gasteiger partial charge >= 0.3 is 6.18 Å². The predicted molar refractivity (Wildman–Crippen MR) is 120 cm³/mol. The Labute approximate surface area is 206 Å². The summed E-state index contributed by atoms with van der Waals surface area (Å²) in [5, 5.41) is 6.50. The second-order valence-corrected chi connectivity index (χ2v) is 7.97. The zero-order chi connectivity index (χ0) is 28.9. The summed E-state index contributed by atoms with van der Waals surface area (Å²) in [5.41, 5.74) is 10.8. The van der Waals surface area contributed by atoms with Crippen LogP contribution in [0.2, 0.25) is 0 Å². The molecule has 1 unspecified atom stereocenters. The molecule has 2 heterocycles. The number of benzene rings is 2. The first-order valence-electron chi connectivity index (χ1n) is 11.9. The number of rotatable bonds is 6. The smallest absolute Gasteiger partial charge is 0.410 e. The molecule has 0 aliphatic carbocycles. The molecule has 9 nitrogen and oxygen atoms in total. The van der Waals surface area contributed by atoms with Crippen LogP contribution in [0, 0.1) is 5.82 Å². The quantitative estimate of drug-likeness (QED) is 0.436. The van der Waals surface area contributed by atoms with E-state index in [0.29, 0.717) is 10.2 Å². The number of ether oxygens (including phenoxy) is 2. The van der Waals surface area contributed by atoms with E-state index in [-0.39, 0.29) is 34.9 Å². The number of aromatic nitrogens is 2. The third kappa shape index (κ3) is 4.39. The first-order chi connectivity index (χ1) is 18.1. The molecule has 13 heteroatoms. The minimum Gasteiger partial charge on any atom is -0.496 e. The lowest BCUT2D eigenvalue weighted by Crippen LogP contribution is -2.29. The second-order valence-electron chi connectivity index (χ2n) is 7.97. The van der Waals surface area contributed by atoms with Crippen molar-refractivity contribution in [2.24, 2.45) is 5.73 Å². The lowest BCUT2D eigenvalue weighted by Gasteiger charge is -2.17. The number of methoxy groups -OCH3 is 1. The Kier molecular flexibility index (Phi) is 5.29. The third-order valence-electron chi connectivity index (χ3n) is 5.70. The Morgan fingerprint density at radius 1 is 1.31 bits per heavy atom. The molecule has 0 saturated heterocycles. The molecule has 1 aromatic heterocycles. The fourth-order valence-electron chi connectivity index (χ4n) is 3.81. The third-order valence-corrected chi connectivity index (χ3v) is 5.70. The van der Waals surface area contributed by atoms with Gasteiger partial charge in [0.15, 0.2) is 0 Å². The van der Waals surface area contributed by atoms with Crippen molar-refractivity contribution in [2.75, 3.05) is 19.4 Å². The topological polar surface area (TPSA) is 134 Å². The Bertz CT molecular complexity index is 1460. The van der Waals surface area contributed by atoms with Crippen LogP contribution in [-0.4, -0.2) is 41.4 Å². The van der Waals surface area contributed by atoms with Crippen LogP contribution in [0.4, 0.5) is 23.4 Å². The molecule has 1 aliphatic rings. The molecule has 0 spiro atoms. The van der Waals surface area contributed by atoms with Crippen LogP contribution >= 0.6 is 0 Å². The number of hydrogen-bond donors (Lipinski definition) is 3. The number of amides is 2. The molecule has 5 N–H and O–H groups in total. The van der Waals surface area contributed by atoms with E-state index in [2.05, 4.69) is 10.4 Å². The minimum absolute atomic E-state index is 0.0837. The van der Waals surface area contributed by atoms with E-state index in [1.54, 1.807) is 0 Å². The number of anilines is 1. The molecule has 2 amide bonds. The van der Waals surface area contributed by atoms with Crippen LogP contribution in [-0.2, 0) is 0 Å². The highest BCUT2D eigenvalue weighted by Gasteiger charge is 2.40. The van der Waals surface area contributed by atoms with Crippen LogP contribution in [0.3, 0.4) is 0 Å². The summed E-state index contributed by atoms with van der Waals surface area (Å²) in [4.78, 5) is 24.9. The van der Waals surface area contributed by atoms with Gasteiger partial charge in [-0.3, -0.25) is 9.59 Å². The summed E-state index contributed by atoms with van der Waals surface area (Å²) in [5.74, 6) is -3.43. The fourth-order valence-corrected chi connectivity index (χ4v) is 3.81. The van der Waals surface area contributed by atoms with Crippen molar-refractivity contribution in [2.45, 2.75) is 25.2 Å². The first-order valence-corrected chi connectivity index (χ1v) is 10.4. The average molecular weight is 510 g/mol. The Balaban J connectivity index is 1.64. The van der Waals surface area contributed by atoms with Crippen molar-refractivity contribution in [1.82, 2.24) is 15.1 Å².